The molecule has 0 saturated carbocycles. The maximum atomic E-state index is 13.9. The summed E-state index contributed by atoms with van der Waals surface area (Å²) in [6.45, 7) is 14.3. The second kappa shape index (κ2) is 13.0. The van der Waals surface area contributed by atoms with E-state index < -0.39 is 0 Å². The third-order valence-electron chi connectivity index (χ3n) is 8.21. The number of aryl methyl sites for hydroxylation is 1. The molecular formula is C32H43BrN6O2. The van der Waals surface area contributed by atoms with Gasteiger partial charge in [0, 0.05) is 35.9 Å². The highest BCUT2D eigenvalue weighted by molar-refractivity contribution is 9.10. The first-order valence-corrected chi connectivity index (χ1v) is 16.0. The molecule has 3 aromatic heterocycles. The number of piperidine rings is 1. The molecule has 0 spiro atoms. The number of amides is 1. The van der Waals surface area contributed by atoms with E-state index in [4.69, 9.17) is 4.98 Å². The maximum Gasteiger partial charge on any atom is 0.269 e. The second-order valence-corrected chi connectivity index (χ2v) is 13.3. The van der Waals surface area contributed by atoms with Crippen LogP contribution in [0.4, 0.5) is 0 Å². The molecule has 8 nitrogen and oxygen atoms in total. The average Bonchev–Trinajstić information content (AvgIpc) is 3.26. The normalized spacial score (nSPS) is 14.7. The number of fused-ring (bicyclic) bond motifs is 4. The Morgan fingerprint density at radius 1 is 0.976 bits per heavy atom. The quantitative estimate of drug-likeness (QED) is 0.194. The highest BCUT2D eigenvalue weighted by Gasteiger charge is 2.21. The van der Waals surface area contributed by atoms with E-state index in [1.807, 2.05) is 23.1 Å². The van der Waals surface area contributed by atoms with Gasteiger partial charge in [-0.15, -0.1) is 0 Å². The zero-order chi connectivity index (χ0) is 29.1. The molecule has 1 fully saturated rings. The zero-order valence-corrected chi connectivity index (χ0v) is 26.5. The lowest BCUT2D eigenvalue weighted by Gasteiger charge is -2.26. The first-order chi connectivity index (χ1) is 19.7. The minimum atomic E-state index is -0.145. The number of imidazole rings is 1. The highest BCUT2D eigenvalue weighted by Crippen LogP contribution is 2.24. The maximum absolute atomic E-state index is 13.9. The van der Waals surface area contributed by atoms with Crippen LogP contribution < -0.4 is 5.56 Å². The molecule has 5 rings (SSSR count). The lowest BCUT2D eigenvalue weighted by Crippen LogP contribution is -2.34. The number of carbonyl (C=O) groups excluding carboxylic acids is 1. The van der Waals surface area contributed by atoms with E-state index >= 15 is 0 Å². The van der Waals surface area contributed by atoms with Gasteiger partial charge >= 0.3 is 0 Å². The van der Waals surface area contributed by atoms with Crippen molar-refractivity contribution in [2.75, 3.05) is 32.7 Å². The fourth-order valence-electron chi connectivity index (χ4n) is 5.78. The molecule has 0 radical (unpaired) electrons. The van der Waals surface area contributed by atoms with E-state index in [1.165, 1.54) is 19.3 Å². The number of hydrogen-bond donors (Lipinski definition) is 0. The molecule has 1 aromatic carbocycles. The number of hydrogen-bond acceptors (Lipinski definition) is 5. The summed E-state index contributed by atoms with van der Waals surface area (Å²) in [5.41, 5.74) is 2.57. The smallest absolute Gasteiger partial charge is 0.269 e. The molecule has 220 valence electrons. The molecule has 41 heavy (non-hydrogen) atoms. The molecule has 1 amide bonds. The van der Waals surface area contributed by atoms with Crippen LogP contribution in [0.2, 0.25) is 0 Å². The summed E-state index contributed by atoms with van der Waals surface area (Å²) in [6.07, 6.45) is 8.38. The first-order valence-electron chi connectivity index (χ1n) is 15.2. The summed E-state index contributed by atoms with van der Waals surface area (Å²) < 4.78 is 4.55. The van der Waals surface area contributed by atoms with Gasteiger partial charge in [0.15, 0.2) is 5.65 Å². The van der Waals surface area contributed by atoms with Crippen molar-refractivity contribution in [3.05, 3.63) is 50.9 Å². The van der Waals surface area contributed by atoms with Crippen molar-refractivity contribution in [2.45, 2.75) is 72.8 Å². The molecule has 1 saturated heterocycles. The van der Waals surface area contributed by atoms with Crippen LogP contribution in [-0.2, 0) is 6.54 Å². The molecule has 1 aliphatic rings. The van der Waals surface area contributed by atoms with Crippen molar-refractivity contribution in [3.8, 4) is 0 Å². The van der Waals surface area contributed by atoms with Crippen LogP contribution in [0.5, 0.6) is 0 Å². The number of pyridine rings is 1. The molecular weight excluding hydrogens is 580 g/mol. The monoisotopic (exact) mass is 622 g/mol. The van der Waals surface area contributed by atoms with E-state index in [0.29, 0.717) is 40.8 Å². The van der Waals surface area contributed by atoms with Gasteiger partial charge in [0.2, 0.25) is 5.78 Å². The average molecular weight is 624 g/mol. The Balaban J connectivity index is 1.57. The Bertz CT molecular complexity index is 1570. The Morgan fingerprint density at radius 2 is 1.68 bits per heavy atom. The second-order valence-electron chi connectivity index (χ2n) is 12.3. The largest absolute Gasteiger partial charge is 0.339 e. The Kier molecular flexibility index (Phi) is 9.44. The minimum absolute atomic E-state index is 0.0504. The molecule has 1 aliphatic heterocycles. The topological polar surface area (TPSA) is 75.7 Å². The number of rotatable bonds is 11. The number of nitrogens with zero attached hydrogens (tertiary/aromatic N) is 6. The van der Waals surface area contributed by atoms with Crippen molar-refractivity contribution in [1.82, 2.24) is 28.7 Å². The van der Waals surface area contributed by atoms with Crippen molar-refractivity contribution in [2.24, 2.45) is 11.8 Å². The van der Waals surface area contributed by atoms with Crippen LogP contribution >= 0.6 is 15.9 Å². The van der Waals surface area contributed by atoms with Crippen molar-refractivity contribution >= 4 is 49.7 Å². The minimum Gasteiger partial charge on any atom is -0.339 e. The Morgan fingerprint density at radius 3 is 2.37 bits per heavy atom. The van der Waals surface area contributed by atoms with Crippen LogP contribution in [0, 0.1) is 11.8 Å². The summed E-state index contributed by atoms with van der Waals surface area (Å²) in [5.74, 6) is 1.67. The lowest BCUT2D eigenvalue weighted by atomic mass is 10.1. The molecule has 0 aliphatic carbocycles. The number of benzene rings is 1. The van der Waals surface area contributed by atoms with Gasteiger partial charge in [-0.2, -0.15) is 4.98 Å². The van der Waals surface area contributed by atoms with Crippen molar-refractivity contribution in [1.29, 1.82) is 0 Å². The standard InChI is InChI=1S/C32H43BrN6O2/c1-22(2)11-17-37(18-12-23(3)4)30(40)24-9-10-27-28(19-24)38(16-8-15-36-13-6-5-7-14-36)32-35-29-26(31(41)39(27)32)20-25(33)21-34-29/h9-10,19-23H,5-8,11-18H2,1-4H3. The van der Waals surface area contributed by atoms with Gasteiger partial charge in [0.05, 0.1) is 16.4 Å². The summed E-state index contributed by atoms with van der Waals surface area (Å²) in [6, 6.07) is 7.54. The van der Waals surface area contributed by atoms with E-state index in [1.54, 1.807) is 16.7 Å². The Labute approximate surface area is 250 Å². The summed E-state index contributed by atoms with van der Waals surface area (Å²) >= 11 is 3.45. The third-order valence-corrected chi connectivity index (χ3v) is 8.65. The number of aromatic nitrogens is 4. The van der Waals surface area contributed by atoms with Gasteiger partial charge in [0.25, 0.3) is 11.5 Å². The molecule has 0 atom stereocenters. The summed E-state index contributed by atoms with van der Waals surface area (Å²) in [4.78, 5) is 41.5. The van der Waals surface area contributed by atoms with Gasteiger partial charge in [0.1, 0.15) is 0 Å². The number of likely N-dealkylation sites (tertiary alicyclic amines) is 1. The van der Waals surface area contributed by atoms with E-state index in [9.17, 15) is 9.59 Å². The van der Waals surface area contributed by atoms with Crippen LogP contribution in [0.15, 0.2) is 39.7 Å². The van der Waals surface area contributed by atoms with Crippen LogP contribution in [0.25, 0.3) is 27.8 Å². The fraction of sp³-hybridized carbons (Fsp3) is 0.562. The zero-order valence-electron chi connectivity index (χ0n) is 24.9. The third kappa shape index (κ3) is 6.67. The van der Waals surface area contributed by atoms with Gasteiger partial charge in [-0.1, -0.05) is 34.1 Å². The van der Waals surface area contributed by atoms with Crippen LogP contribution in [0.1, 0.15) is 76.6 Å². The molecule has 4 heterocycles. The predicted molar refractivity (Wildman–Crippen MR) is 170 cm³/mol. The summed E-state index contributed by atoms with van der Waals surface area (Å²) in [5, 5.41) is 0.470. The number of carbonyl (C=O) groups is 1. The van der Waals surface area contributed by atoms with Gasteiger partial charge in [-0.3, -0.25) is 9.59 Å². The van der Waals surface area contributed by atoms with Crippen molar-refractivity contribution in [3.63, 3.8) is 0 Å². The summed E-state index contributed by atoms with van der Waals surface area (Å²) in [7, 11) is 0. The fourth-order valence-corrected chi connectivity index (χ4v) is 6.11. The SMILES string of the molecule is CC(C)CCN(CCC(C)C)C(=O)c1ccc2c(c1)n(CCCN1CCCCC1)c1nc3ncc(Br)cc3c(=O)n21. The van der Waals surface area contributed by atoms with E-state index in [-0.39, 0.29) is 11.5 Å². The number of halogens is 1. The van der Waals surface area contributed by atoms with Crippen molar-refractivity contribution < 1.29 is 4.79 Å². The van der Waals surface area contributed by atoms with Crippen LogP contribution in [-0.4, -0.2) is 67.4 Å². The van der Waals surface area contributed by atoms with E-state index in [0.717, 1.165) is 67.5 Å². The first kappa shape index (κ1) is 29.7. The lowest BCUT2D eigenvalue weighted by molar-refractivity contribution is 0.0741. The molecule has 4 aromatic rings. The molecule has 0 unspecified atom stereocenters. The molecule has 0 bridgehead atoms. The molecule has 9 heteroatoms. The van der Waals surface area contributed by atoms with E-state index in [2.05, 4.69) is 58.1 Å². The molecule has 0 N–H and O–H groups in total. The van der Waals surface area contributed by atoms with Crippen LogP contribution in [0.3, 0.4) is 0 Å². The van der Waals surface area contributed by atoms with Gasteiger partial charge in [-0.05, 0) is 104 Å². The van der Waals surface area contributed by atoms with Gasteiger partial charge in [-0.25, -0.2) is 9.38 Å². The van der Waals surface area contributed by atoms with Gasteiger partial charge < -0.3 is 14.4 Å². The Hall–Kier alpha value is -2.78. The highest BCUT2D eigenvalue weighted by atomic mass is 79.9. The predicted octanol–water partition coefficient (Wildman–Crippen LogP) is 6.37.